The number of hydrogen-bond acceptors (Lipinski definition) is 3. The minimum absolute atomic E-state index is 0.0787. The maximum absolute atomic E-state index is 10.3. The molecular weight excluding hydrogens is 396 g/mol. The Balaban J connectivity index is 1.50. The van der Waals surface area contributed by atoms with E-state index in [-0.39, 0.29) is 12.0 Å². The zero-order valence-electron chi connectivity index (χ0n) is 21.3. The maximum Gasteiger partial charge on any atom is 0.123 e. The summed E-state index contributed by atoms with van der Waals surface area (Å²) in [6.07, 6.45) is 16.0. The van der Waals surface area contributed by atoms with Gasteiger partial charge < -0.3 is 5.11 Å². The van der Waals surface area contributed by atoms with Crippen LogP contribution in [-0.4, -0.2) is 22.1 Å². The van der Waals surface area contributed by atoms with Crippen molar-refractivity contribution in [2.75, 3.05) is 0 Å². The van der Waals surface area contributed by atoms with Gasteiger partial charge in [-0.2, -0.15) is 0 Å². The highest BCUT2D eigenvalue weighted by atomic mass is 17.1. The van der Waals surface area contributed by atoms with E-state index in [0.29, 0.717) is 22.7 Å². The lowest BCUT2D eigenvalue weighted by Crippen LogP contribution is -2.50. The lowest BCUT2D eigenvalue weighted by molar-refractivity contribution is -0.321. The van der Waals surface area contributed by atoms with Crippen LogP contribution in [0.5, 0.6) is 0 Å². The molecule has 0 aromatic heterocycles. The van der Waals surface area contributed by atoms with Gasteiger partial charge in [0, 0.05) is 0 Å². The van der Waals surface area contributed by atoms with E-state index in [9.17, 15) is 10.4 Å². The van der Waals surface area contributed by atoms with Crippen molar-refractivity contribution in [2.24, 2.45) is 46.3 Å². The fourth-order valence-electron chi connectivity index (χ4n) is 8.93. The molecule has 0 spiro atoms. The Morgan fingerprint density at radius 2 is 1.81 bits per heavy atom. The molecule has 3 nitrogen and oxygen atoms in total. The largest absolute Gasteiger partial charge is 0.393 e. The van der Waals surface area contributed by atoms with Crippen LogP contribution in [0, 0.1) is 46.3 Å². The van der Waals surface area contributed by atoms with Gasteiger partial charge in [0.05, 0.1) is 6.10 Å². The van der Waals surface area contributed by atoms with Gasteiger partial charge in [0.1, 0.15) is 5.60 Å². The molecule has 0 aromatic rings. The van der Waals surface area contributed by atoms with Crippen molar-refractivity contribution in [2.45, 2.75) is 111 Å². The summed E-state index contributed by atoms with van der Waals surface area (Å²) in [7, 11) is 0. The van der Waals surface area contributed by atoms with Crippen molar-refractivity contribution < 1.29 is 15.3 Å². The second kappa shape index (κ2) is 8.86. The van der Waals surface area contributed by atoms with Crippen molar-refractivity contribution in [1.29, 1.82) is 0 Å². The fourth-order valence-corrected chi connectivity index (χ4v) is 8.93. The van der Waals surface area contributed by atoms with Gasteiger partial charge in [-0.05, 0) is 111 Å². The molecule has 32 heavy (non-hydrogen) atoms. The molecule has 0 aliphatic heterocycles. The summed E-state index contributed by atoms with van der Waals surface area (Å²) in [5, 5.41) is 19.9. The number of fused-ring (bicyclic) bond motifs is 5. The number of aliphatic hydroxyl groups is 1. The average molecular weight is 445 g/mol. The zero-order chi connectivity index (χ0) is 23.3. The molecular formula is C29H48O3. The van der Waals surface area contributed by atoms with Crippen LogP contribution >= 0.6 is 0 Å². The van der Waals surface area contributed by atoms with E-state index >= 15 is 0 Å². The molecule has 4 rings (SSSR count). The Morgan fingerprint density at radius 1 is 1.12 bits per heavy atom. The second-order valence-electron chi connectivity index (χ2n) is 12.8. The molecule has 3 heteroatoms. The third-order valence-electron chi connectivity index (χ3n) is 11.3. The van der Waals surface area contributed by atoms with Gasteiger partial charge in [-0.3, -0.25) is 5.26 Å². The van der Waals surface area contributed by atoms with Gasteiger partial charge in [-0.1, -0.05) is 52.3 Å². The van der Waals surface area contributed by atoms with Crippen LogP contribution < -0.4 is 0 Å². The molecule has 0 unspecified atom stereocenters. The van der Waals surface area contributed by atoms with Gasteiger partial charge in [0.2, 0.25) is 0 Å². The van der Waals surface area contributed by atoms with Crippen LogP contribution in [0.3, 0.4) is 0 Å². The summed E-state index contributed by atoms with van der Waals surface area (Å²) in [4.78, 5) is 4.99. The average Bonchev–Trinajstić information content (AvgIpc) is 3.12. The first kappa shape index (κ1) is 24.5. The predicted molar refractivity (Wildman–Crippen MR) is 131 cm³/mol. The van der Waals surface area contributed by atoms with Crippen molar-refractivity contribution in [3.8, 4) is 0 Å². The van der Waals surface area contributed by atoms with E-state index in [1.54, 1.807) is 11.6 Å². The number of allylic oxidation sites excluding steroid dienone is 2. The van der Waals surface area contributed by atoms with Crippen molar-refractivity contribution >= 4 is 0 Å². The molecule has 0 aromatic carbocycles. The highest BCUT2D eigenvalue weighted by Crippen LogP contribution is 2.67. The van der Waals surface area contributed by atoms with Gasteiger partial charge in [0.15, 0.2) is 0 Å². The van der Waals surface area contributed by atoms with Crippen LogP contribution in [0.1, 0.15) is 98.8 Å². The molecule has 2 N–H and O–H groups in total. The Labute approximate surface area is 196 Å². The Bertz CT molecular complexity index is 728. The fraction of sp³-hybridized carbons (Fsp3) is 0.862. The summed E-state index contributed by atoms with van der Waals surface area (Å²) in [5.74, 6) is 3.70. The van der Waals surface area contributed by atoms with E-state index in [4.69, 9.17) is 4.89 Å². The summed E-state index contributed by atoms with van der Waals surface area (Å²) in [6.45, 7) is 15.7. The van der Waals surface area contributed by atoms with Crippen LogP contribution in [0.15, 0.2) is 24.3 Å². The third-order valence-corrected chi connectivity index (χ3v) is 11.3. The van der Waals surface area contributed by atoms with Gasteiger partial charge in [0.25, 0.3) is 0 Å². The number of rotatable bonds is 7. The molecule has 0 heterocycles. The summed E-state index contributed by atoms with van der Waals surface area (Å²) >= 11 is 0. The highest BCUT2D eigenvalue weighted by molar-refractivity contribution is 5.27. The first-order chi connectivity index (χ1) is 15.1. The molecule has 0 amide bonds. The summed E-state index contributed by atoms with van der Waals surface area (Å²) < 4.78 is 0. The molecule has 0 radical (unpaired) electrons. The second-order valence-corrected chi connectivity index (χ2v) is 12.8. The van der Waals surface area contributed by atoms with E-state index in [2.05, 4.69) is 47.3 Å². The summed E-state index contributed by atoms with van der Waals surface area (Å²) in [6, 6.07) is 0. The molecule has 3 fully saturated rings. The minimum atomic E-state index is -0.633. The first-order valence-corrected chi connectivity index (χ1v) is 13.5. The van der Waals surface area contributed by atoms with Crippen molar-refractivity contribution in [3.63, 3.8) is 0 Å². The zero-order valence-corrected chi connectivity index (χ0v) is 21.3. The highest BCUT2D eigenvalue weighted by Gasteiger charge is 2.58. The first-order valence-electron chi connectivity index (χ1n) is 13.5. The lowest BCUT2D eigenvalue weighted by Gasteiger charge is -2.57. The molecule has 3 saturated carbocycles. The summed E-state index contributed by atoms with van der Waals surface area (Å²) in [5.41, 5.74) is 1.96. The van der Waals surface area contributed by atoms with Crippen LogP contribution in [0.2, 0.25) is 0 Å². The lowest BCUT2D eigenvalue weighted by atomic mass is 9.47. The molecule has 182 valence electrons. The van der Waals surface area contributed by atoms with E-state index in [1.165, 1.54) is 38.5 Å². The van der Waals surface area contributed by atoms with Crippen LogP contribution in [-0.2, 0) is 4.89 Å². The normalized spacial score (nSPS) is 44.1. The SMILES string of the molecule is C=C[C@@](CC[C@@H](C)[C@H]1CC[C@H]2C3=CC[C@H]4C[C@@H](O)CC[C@]4(C)[C@H]3CC[C@]12C)(OO)C(C)C. The Kier molecular flexibility index (Phi) is 6.78. The Morgan fingerprint density at radius 3 is 2.47 bits per heavy atom. The third kappa shape index (κ3) is 3.75. The maximum atomic E-state index is 10.3. The van der Waals surface area contributed by atoms with Crippen LogP contribution in [0.25, 0.3) is 0 Å². The predicted octanol–water partition coefficient (Wildman–Crippen LogP) is 7.41. The molecule has 0 saturated heterocycles. The van der Waals surface area contributed by atoms with Crippen molar-refractivity contribution in [3.05, 3.63) is 24.3 Å². The van der Waals surface area contributed by atoms with E-state index < -0.39 is 5.60 Å². The minimum Gasteiger partial charge on any atom is -0.393 e. The number of hydrogen-bond donors (Lipinski definition) is 2. The topological polar surface area (TPSA) is 49.7 Å². The molecule has 4 aliphatic carbocycles. The van der Waals surface area contributed by atoms with Gasteiger partial charge in [-0.25, -0.2) is 4.89 Å². The number of aliphatic hydroxyl groups excluding tert-OH is 1. The van der Waals surface area contributed by atoms with Crippen molar-refractivity contribution in [1.82, 2.24) is 0 Å². The Hall–Kier alpha value is -0.640. The quantitative estimate of drug-likeness (QED) is 0.244. The van der Waals surface area contributed by atoms with Gasteiger partial charge in [-0.15, -0.1) is 6.58 Å². The van der Waals surface area contributed by atoms with Gasteiger partial charge >= 0.3 is 0 Å². The van der Waals surface area contributed by atoms with E-state index in [0.717, 1.165) is 43.4 Å². The molecule has 4 aliphatic rings. The smallest absolute Gasteiger partial charge is 0.123 e. The van der Waals surface area contributed by atoms with Crippen LogP contribution in [0.4, 0.5) is 0 Å². The molecule has 0 bridgehead atoms. The monoisotopic (exact) mass is 444 g/mol. The van der Waals surface area contributed by atoms with E-state index in [1.807, 2.05) is 0 Å². The molecule has 9 atom stereocenters. The standard InChI is InChI=1S/C29H48O3/c1-7-29(32-31,19(2)3)17-12-20(4)24-10-11-25-23-9-8-21-18-22(30)13-15-27(21,5)26(23)14-16-28(24,25)6/h7,9,19-22,24-26,30-31H,1,8,10-18H2,2-6H3/t20-,21+,22+,24-,25+,26+,27+,28-,29+/m1/s1.